The van der Waals surface area contributed by atoms with Crippen molar-refractivity contribution in [1.29, 1.82) is 0 Å². The molecule has 0 unspecified atom stereocenters. The fourth-order valence-corrected chi connectivity index (χ4v) is 11.7. The average Bonchev–Trinajstić information content (AvgIpc) is 3.69. The number of aryl methyl sites for hydroxylation is 1. The minimum Gasteiger partial charge on any atom is -0.310 e. The van der Waals surface area contributed by atoms with E-state index >= 15 is 0 Å². The molecule has 0 aromatic heterocycles. The van der Waals surface area contributed by atoms with Crippen LogP contribution in [-0.4, -0.2) is 0 Å². The van der Waals surface area contributed by atoms with E-state index < -0.39 is 0 Å². The number of benzene rings is 10. The van der Waals surface area contributed by atoms with E-state index in [9.17, 15) is 0 Å². The van der Waals surface area contributed by atoms with Crippen molar-refractivity contribution >= 4 is 56.8 Å². The molecule has 0 bridgehead atoms. The van der Waals surface area contributed by atoms with Gasteiger partial charge in [-0.05, 0) is 168 Å². The first-order valence-electron chi connectivity index (χ1n) is 24.4. The third kappa shape index (κ3) is 6.92. The lowest BCUT2D eigenvalue weighted by molar-refractivity contribution is 0.490. The van der Waals surface area contributed by atoms with E-state index in [-0.39, 0.29) is 5.41 Å². The molecule has 0 aliphatic heterocycles. The van der Waals surface area contributed by atoms with Gasteiger partial charge in [0.1, 0.15) is 0 Å². The second kappa shape index (κ2) is 17.3. The van der Waals surface area contributed by atoms with E-state index in [1.807, 2.05) is 0 Å². The van der Waals surface area contributed by atoms with Gasteiger partial charge in [0.25, 0.3) is 0 Å². The number of nitrogens with zero attached hydrogens (tertiary/aromatic N) is 1. The molecule has 0 spiro atoms. The van der Waals surface area contributed by atoms with Crippen LogP contribution in [0.3, 0.4) is 0 Å². The van der Waals surface area contributed by atoms with Gasteiger partial charge in [0, 0.05) is 22.5 Å². The highest BCUT2D eigenvalue weighted by Crippen LogP contribution is 2.55. The van der Waals surface area contributed by atoms with Crippen LogP contribution in [0.25, 0.3) is 84.3 Å². The van der Waals surface area contributed by atoms with E-state index in [2.05, 4.69) is 255 Å². The maximum atomic E-state index is 2.48. The van der Waals surface area contributed by atoms with Gasteiger partial charge in [0.15, 0.2) is 0 Å². The summed E-state index contributed by atoms with van der Waals surface area (Å²) in [6.07, 6.45) is 13.4. The molecule has 1 nitrogen and oxygen atoms in total. The number of para-hydroxylation sites is 2. The SMILES string of the molecule is CCC1(CC)c2cc(/C=C/c3ccc(-c4cc(-c5ccccc5)c5c6c(c7ccccc7c5c4-c4ccccc4)C=CCC6)cc3)ccc2-c2ccc(N(c3ccccc3)c3ccccc3)cc21. The Kier molecular flexibility index (Phi) is 10.6. The van der Waals surface area contributed by atoms with Gasteiger partial charge in [0.05, 0.1) is 0 Å². The zero-order valence-corrected chi connectivity index (χ0v) is 38.8. The van der Waals surface area contributed by atoms with Crippen LogP contribution < -0.4 is 4.90 Å². The number of anilines is 3. The lowest BCUT2D eigenvalue weighted by Crippen LogP contribution is -2.23. The summed E-state index contributed by atoms with van der Waals surface area (Å²) in [6.45, 7) is 4.72. The fourth-order valence-electron chi connectivity index (χ4n) is 11.7. The van der Waals surface area contributed by atoms with E-state index in [1.165, 1.54) is 105 Å². The molecule has 0 heterocycles. The molecule has 10 aromatic carbocycles. The molecule has 10 aromatic rings. The standard InChI is InChI=1S/C67H53N/c1-3-67(4-2)62-43-47(37-41-56(62)57-42-40-53(44-63(57)67)68(51-25-13-7-14-26-51)52-27-15-8-16-28-52)34-33-46-35-38-49(39-36-46)60-45-61(48-21-9-5-10-22-48)65-58-31-19-17-29-54(58)55-30-18-20-32-59(55)66(65)64(60)50-23-11-6-12-24-50/h5-18,20-30,32-45H,3-4,19,31H2,1-2H3/b34-33+. The van der Waals surface area contributed by atoms with Gasteiger partial charge in [-0.15, -0.1) is 0 Å². The Bertz CT molecular complexity index is 3500. The summed E-state index contributed by atoms with van der Waals surface area (Å²) in [5, 5.41) is 5.36. The maximum absolute atomic E-state index is 2.48. The monoisotopic (exact) mass is 871 g/mol. The largest absolute Gasteiger partial charge is 0.310 e. The van der Waals surface area contributed by atoms with Crippen LogP contribution in [0.15, 0.2) is 218 Å². The second-order valence-corrected chi connectivity index (χ2v) is 18.5. The van der Waals surface area contributed by atoms with Gasteiger partial charge in [-0.1, -0.05) is 208 Å². The molecular formula is C67H53N. The molecule has 0 atom stereocenters. The van der Waals surface area contributed by atoms with E-state index in [0.29, 0.717) is 0 Å². The molecule has 326 valence electrons. The van der Waals surface area contributed by atoms with Gasteiger partial charge in [-0.25, -0.2) is 0 Å². The van der Waals surface area contributed by atoms with E-state index in [0.717, 1.165) is 37.1 Å². The van der Waals surface area contributed by atoms with Crippen molar-refractivity contribution in [3.05, 3.63) is 252 Å². The molecule has 0 fully saturated rings. The highest BCUT2D eigenvalue weighted by Gasteiger charge is 2.41. The molecule has 0 saturated heterocycles. The highest BCUT2D eigenvalue weighted by atomic mass is 15.1. The quantitative estimate of drug-likeness (QED) is 0.0978. The van der Waals surface area contributed by atoms with E-state index in [1.54, 1.807) is 0 Å². The Labute approximate surface area is 401 Å². The lowest BCUT2D eigenvalue weighted by atomic mass is 9.73. The highest BCUT2D eigenvalue weighted by molar-refractivity contribution is 6.24. The van der Waals surface area contributed by atoms with Crippen LogP contribution in [0, 0.1) is 0 Å². The molecule has 0 N–H and O–H groups in total. The summed E-state index contributed by atoms with van der Waals surface area (Å²) in [6, 6.07) is 78.6. The van der Waals surface area contributed by atoms with Crippen LogP contribution in [0.2, 0.25) is 0 Å². The van der Waals surface area contributed by atoms with Gasteiger partial charge in [0.2, 0.25) is 0 Å². The van der Waals surface area contributed by atoms with Gasteiger partial charge in [-0.2, -0.15) is 0 Å². The van der Waals surface area contributed by atoms with Crippen LogP contribution >= 0.6 is 0 Å². The number of rotatable bonds is 10. The Balaban J connectivity index is 0.935. The minimum atomic E-state index is -0.0819. The van der Waals surface area contributed by atoms with Crippen LogP contribution in [0.4, 0.5) is 17.1 Å². The third-order valence-electron chi connectivity index (χ3n) is 15.0. The first-order chi connectivity index (χ1) is 33.6. The van der Waals surface area contributed by atoms with Crippen LogP contribution in [0.5, 0.6) is 0 Å². The summed E-state index contributed by atoms with van der Waals surface area (Å²) in [5.41, 5.74) is 21.7. The molecule has 68 heavy (non-hydrogen) atoms. The predicted molar refractivity (Wildman–Crippen MR) is 292 cm³/mol. The molecular weight excluding hydrogens is 819 g/mol. The van der Waals surface area contributed by atoms with Crippen molar-refractivity contribution in [1.82, 2.24) is 0 Å². The Morgan fingerprint density at radius 3 is 1.65 bits per heavy atom. The number of fused-ring (bicyclic) bond motifs is 9. The number of allylic oxidation sites excluding steroid dienone is 1. The van der Waals surface area contributed by atoms with Crippen molar-refractivity contribution in [3.8, 4) is 44.5 Å². The van der Waals surface area contributed by atoms with Crippen LogP contribution in [0.1, 0.15) is 66.5 Å². The van der Waals surface area contributed by atoms with Crippen molar-refractivity contribution in [2.75, 3.05) is 4.90 Å². The van der Waals surface area contributed by atoms with Gasteiger partial charge >= 0.3 is 0 Å². The predicted octanol–water partition coefficient (Wildman–Crippen LogP) is 18.7. The molecule has 2 aliphatic carbocycles. The lowest BCUT2D eigenvalue weighted by Gasteiger charge is -2.32. The number of hydrogen-bond donors (Lipinski definition) is 0. The normalized spacial score (nSPS) is 13.4. The van der Waals surface area contributed by atoms with Crippen LogP contribution in [-0.2, 0) is 11.8 Å². The smallest absolute Gasteiger partial charge is 0.0465 e. The fraction of sp³-hybridized carbons (Fsp3) is 0.104. The molecule has 0 saturated carbocycles. The van der Waals surface area contributed by atoms with Crippen molar-refractivity contribution < 1.29 is 0 Å². The zero-order chi connectivity index (χ0) is 45.6. The van der Waals surface area contributed by atoms with Crippen molar-refractivity contribution in [3.63, 3.8) is 0 Å². The minimum absolute atomic E-state index is 0.0819. The first kappa shape index (κ1) is 41.4. The summed E-state index contributed by atoms with van der Waals surface area (Å²) in [7, 11) is 0. The van der Waals surface area contributed by atoms with Crippen molar-refractivity contribution in [2.45, 2.75) is 44.9 Å². The van der Waals surface area contributed by atoms with E-state index in [4.69, 9.17) is 0 Å². The Morgan fingerprint density at radius 2 is 0.985 bits per heavy atom. The van der Waals surface area contributed by atoms with Gasteiger partial charge in [-0.3, -0.25) is 0 Å². The molecule has 12 rings (SSSR count). The zero-order valence-electron chi connectivity index (χ0n) is 38.8. The molecule has 0 radical (unpaired) electrons. The third-order valence-corrected chi connectivity index (χ3v) is 15.0. The molecule has 0 amide bonds. The average molecular weight is 872 g/mol. The summed E-state index contributed by atoms with van der Waals surface area (Å²) in [5.74, 6) is 0. The first-order valence-corrected chi connectivity index (χ1v) is 24.4. The Morgan fingerprint density at radius 1 is 0.441 bits per heavy atom. The van der Waals surface area contributed by atoms with Crippen molar-refractivity contribution in [2.24, 2.45) is 0 Å². The Hall–Kier alpha value is -8.00. The topological polar surface area (TPSA) is 3.24 Å². The summed E-state index contributed by atoms with van der Waals surface area (Å²) < 4.78 is 0. The number of hydrogen-bond acceptors (Lipinski definition) is 1. The molecule has 2 aliphatic rings. The molecule has 1 heteroatoms. The maximum Gasteiger partial charge on any atom is 0.0465 e. The summed E-state index contributed by atoms with van der Waals surface area (Å²) >= 11 is 0. The summed E-state index contributed by atoms with van der Waals surface area (Å²) in [4.78, 5) is 2.38. The van der Waals surface area contributed by atoms with Gasteiger partial charge < -0.3 is 4.90 Å². The second-order valence-electron chi connectivity index (χ2n) is 18.5.